The summed E-state index contributed by atoms with van der Waals surface area (Å²) in [6.45, 7) is 0.767. The summed E-state index contributed by atoms with van der Waals surface area (Å²) in [4.78, 5) is 8.02. The molecule has 3 heterocycles. The molecule has 1 aliphatic heterocycles. The molecule has 6 nitrogen and oxygen atoms in total. The van der Waals surface area contributed by atoms with Gasteiger partial charge in [-0.25, -0.2) is 14.4 Å². The lowest BCUT2D eigenvalue weighted by Gasteiger charge is -2.25. The van der Waals surface area contributed by atoms with E-state index in [1.54, 1.807) is 6.20 Å². The molecule has 9 heteroatoms. The number of nitrogens with zero attached hydrogens (tertiary/aromatic N) is 3. The Morgan fingerprint density at radius 2 is 2.29 bits per heavy atom. The predicted molar refractivity (Wildman–Crippen MR) is 81.8 cm³/mol. The summed E-state index contributed by atoms with van der Waals surface area (Å²) in [5, 5.41) is 20.0. The second-order valence-corrected chi connectivity index (χ2v) is 6.57. The molecule has 1 saturated heterocycles. The number of fused-ring (bicyclic) bond motifs is 1. The van der Waals surface area contributed by atoms with Crippen molar-refractivity contribution in [3.05, 3.63) is 21.2 Å². The van der Waals surface area contributed by atoms with Crippen LogP contribution in [-0.2, 0) is 4.74 Å². The summed E-state index contributed by atoms with van der Waals surface area (Å²) in [7, 11) is 0. The topological polar surface area (TPSA) is 80.4 Å². The minimum Gasteiger partial charge on any atom is -0.394 e. The highest BCUT2D eigenvalue weighted by Gasteiger charge is 2.55. The first-order valence-corrected chi connectivity index (χ1v) is 7.63. The normalized spacial score (nSPS) is 33.0. The number of rotatable bonds is 2. The highest BCUT2D eigenvalue weighted by atomic mass is 127. The van der Waals surface area contributed by atoms with Crippen LogP contribution in [0.2, 0.25) is 5.15 Å². The third kappa shape index (κ3) is 2.24. The molecule has 3 rings (SSSR count). The molecule has 0 aromatic carbocycles. The molecule has 21 heavy (non-hydrogen) atoms. The molecule has 2 aromatic rings. The lowest BCUT2D eigenvalue weighted by molar-refractivity contribution is -0.0564. The number of hydrogen-bond donors (Lipinski definition) is 2. The Balaban J connectivity index is 2.15. The zero-order valence-electron chi connectivity index (χ0n) is 10.9. The fourth-order valence-corrected chi connectivity index (χ4v) is 3.73. The predicted octanol–water partition coefficient (Wildman–Crippen LogP) is 1.67. The Morgan fingerprint density at radius 1 is 1.57 bits per heavy atom. The lowest BCUT2D eigenvalue weighted by atomic mass is 9.98. The molecule has 0 aliphatic carbocycles. The number of ether oxygens (including phenoxy) is 1. The fraction of sp³-hybridized carbons (Fsp3) is 0.500. The zero-order chi connectivity index (χ0) is 15.4. The molecule has 0 spiro atoms. The number of aliphatic hydroxyl groups is 2. The summed E-state index contributed by atoms with van der Waals surface area (Å²) >= 11 is 8.09. The van der Waals surface area contributed by atoms with Crippen molar-refractivity contribution in [3.8, 4) is 0 Å². The molecule has 0 unspecified atom stereocenters. The lowest BCUT2D eigenvalue weighted by Crippen LogP contribution is -2.40. The smallest absolute Gasteiger partial charge is 0.181 e. The number of hydrogen-bond acceptors (Lipinski definition) is 5. The van der Waals surface area contributed by atoms with E-state index in [-0.39, 0.29) is 5.15 Å². The van der Waals surface area contributed by atoms with Gasteiger partial charge in [0.2, 0.25) is 0 Å². The third-order valence-electron chi connectivity index (χ3n) is 3.67. The standard InChI is InChI=1S/C12H12ClFIN3O3/c1-12(14)8(20)6(3-19)21-11(12)18-2-5(15)7-9(13)16-4-17-10(7)18/h2,4,6,8,11,19-20H,3H2,1H3/t6-,8-,11-,12-/m1/s1. The van der Waals surface area contributed by atoms with E-state index in [1.807, 2.05) is 22.6 Å². The van der Waals surface area contributed by atoms with Crippen molar-refractivity contribution >= 4 is 45.2 Å². The van der Waals surface area contributed by atoms with Gasteiger partial charge >= 0.3 is 0 Å². The van der Waals surface area contributed by atoms with Gasteiger partial charge in [-0.2, -0.15) is 0 Å². The Morgan fingerprint density at radius 3 is 2.90 bits per heavy atom. The van der Waals surface area contributed by atoms with E-state index in [9.17, 15) is 14.6 Å². The van der Waals surface area contributed by atoms with Gasteiger partial charge < -0.3 is 19.5 Å². The average Bonchev–Trinajstić information content (AvgIpc) is 2.87. The molecule has 1 aliphatic rings. The van der Waals surface area contributed by atoms with E-state index < -0.39 is 30.7 Å². The maximum atomic E-state index is 14.8. The van der Waals surface area contributed by atoms with Crippen molar-refractivity contribution in [1.29, 1.82) is 0 Å². The second kappa shape index (κ2) is 5.27. The van der Waals surface area contributed by atoms with E-state index in [0.29, 0.717) is 11.0 Å². The SMILES string of the molecule is C[C@@]1(F)[C@H](O)[C@@H](CO)O[C@H]1n1cc(I)c2c(Cl)ncnc21. The summed E-state index contributed by atoms with van der Waals surface area (Å²) in [5.74, 6) is 0. The number of aliphatic hydroxyl groups excluding tert-OH is 2. The summed E-state index contributed by atoms with van der Waals surface area (Å²) in [5.41, 5.74) is -1.65. The average molecular weight is 428 g/mol. The van der Waals surface area contributed by atoms with Crippen molar-refractivity contribution in [2.24, 2.45) is 0 Å². The Kier molecular flexibility index (Phi) is 3.85. The van der Waals surface area contributed by atoms with E-state index in [0.717, 1.165) is 3.57 Å². The van der Waals surface area contributed by atoms with Crippen LogP contribution in [-0.4, -0.2) is 49.2 Å². The van der Waals surface area contributed by atoms with Crippen molar-refractivity contribution in [2.45, 2.75) is 31.0 Å². The minimum absolute atomic E-state index is 0.265. The van der Waals surface area contributed by atoms with Crippen LogP contribution in [0.3, 0.4) is 0 Å². The van der Waals surface area contributed by atoms with Crippen LogP contribution < -0.4 is 0 Å². The van der Waals surface area contributed by atoms with E-state index in [1.165, 1.54) is 17.8 Å². The Hall–Kier alpha value is -0.550. The maximum absolute atomic E-state index is 14.8. The number of halogens is 3. The molecule has 0 amide bonds. The number of alkyl halides is 1. The Bertz CT molecular complexity index is 696. The van der Waals surface area contributed by atoms with Crippen LogP contribution in [0, 0.1) is 3.57 Å². The summed E-state index contributed by atoms with van der Waals surface area (Å²) < 4.78 is 22.5. The molecular weight excluding hydrogens is 416 g/mol. The van der Waals surface area contributed by atoms with Gasteiger partial charge in [0.05, 0.1) is 12.0 Å². The van der Waals surface area contributed by atoms with Crippen LogP contribution >= 0.6 is 34.2 Å². The summed E-state index contributed by atoms with van der Waals surface area (Å²) in [6.07, 6.45) is -0.610. The first-order chi connectivity index (χ1) is 9.87. The quantitative estimate of drug-likeness (QED) is 0.563. The van der Waals surface area contributed by atoms with Crippen LogP contribution in [0.1, 0.15) is 13.2 Å². The minimum atomic E-state index is -2.07. The van der Waals surface area contributed by atoms with Crippen LogP contribution in [0.4, 0.5) is 4.39 Å². The Labute approximate surface area is 138 Å². The van der Waals surface area contributed by atoms with Crippen molar-refractivity contribution in [3.63, 3.8) is 0 Å². The molecule has 0 saturated carbocycles. The molecule has 4 atom stereocenters. The van der Waals surface area contributed by atoms with Gasteiger partial charge in [0, 0.05) is 9.77 Å². The highest BCUT2D eigenvalue weighted by molar-refractivity contribution is 14.1. The monoisotopic (exact) mass is 427 g/mol. The zero-order valence-corrected chi connectivity index (χ0v) is 13.8. The van der Waals surface area contributed by atoms with E-state index in [4.69, 9.17) is 16.3 Å². The second-order valence-electron chi connectivity index (χ2n) is 5.05. The first kappa shape index (κ1) is 15.3. The van der Waals surface area contributed by atoms with Gasteiger partial charge in [-0.15, -0.1) is 0 Å². The van der Waals surface area contributed by atoms with Gasteiger partial charge in [0.1, 0.15) is 29.3 Å². The van der Waals surface area contributed by atoms with Crippen LogP contribution in [0.25, 0.3) is 11.0 Å². The van der Waals surface area contributed by atoms with Crippen LogP contribution in [0.15, 0.2) is 12.5 Å². The molecule has 0 radical (unpaired) electrons. The van der Waals surface area contributed by atoms with Gasteiger partial charge in [0.25, 0.3) is 0 Å². The van der Waals surface area contributed by atoms with Gasteiger partial charge in [-0.05, 0) is 29.5 Å². The van der Waals surface area contributed by atoms with E-state index >= 15 is 0 Å². The molecule has 0 bridgehead atoms. The summed E-state index contributed by atoms with van der Waals surface area (Å²) in [6, 6.07) is 0. The largest absolute Gasteiger partial charge is 0.394 e. The fourth-order valence-electron chi connectivity index (χ4n) is 2.55. The molecular formula is C12H12ClFIN3O3. The van der Waals surface area contributed by atoms with Crippen molar-refractivity contribution in [2.75, 3.05) is 6.61 Å². The molecule has 2 aromatic heterocycles. The van der Waals surface area contributed by atoms with Crippen molar-refractivity contribution < 1.29 is 19.3 Å². The van der Waals surface area contributed by atoms with Gasteiger partial charge in [-0.3, -0.25) is 0 Å². The third-order valence-corrected chi connectivity index (χ3v) is 4.77. The first-order valence-electron chi connectivity index (χ1n) is 6.17. The molecule has 1 fully saturated rings. The number of aromatic nitrogens is 3. The molecule has 114 valence electrons. The van der Waals surface area contributed by atoms with E-state index in [2.05, 4.69) is 9.97 Å². The van der Waals surface area contributed by atoms with Crippen LogP contribution in [0.5, 0.6) is 0 Å². The van der Waals surface area contributed by atoms with Crippen molar-refractivity contribution in [1.82, 2.24) is 14.5 Å². The van der Waals surface area contributed by atoms with Gasteiger partial charge in [-0.1, -0.05) is 11.6 Å². The highest BCUT2D eigenvalue weighted by Crippen LogP contribution is 2.43. The van der Waals surface area contributed by atoms with Gasteiger partial charge in [0.15, 0.2) is 11.9 Å². The maximum Gasteiger partial charge on any atom is 0.181 e. The molecule has 2 N–H and O–H groups in total.